The molecule has 0 aliphatic carbocycles. The molecule has 2 unspecified atom stereocenters. The summed E-state index contributed by atoms with van der Waals surface area (Å²) in [5, 5.41) is 13.0. The van der Waals surface area contributed by atoms with Crippen LogP contribution in [-0.4, -0.2) is 30.3 Å². The molecule has 1 saturated heterocycles. The number of amides is 1. The molecule has 0 spiro atoms. The highest BCUT2D eigenvalue weighted by atomic mass is 19.1. The van der Waals surface area contributed by atoms with Crippen LogP contribution in [0, 0.1) is 5.82 Å². The average Bonchev–Trinajstić information content (AvgIpc) is 2.90. The predicted molar refractivity (Wildman–Crippen MR) is 68.0 cm³/mol. The van der Waals surface area contributed by atoms with Crippen LogP contribution in [0.2, 0.25) is 0 Å². The van der Waals surface area contributed by atoms with Crippen molar-refractivity contribution in [3.05, 3.63) is 35.6 Å². The van der Waals surface area contributed by atoms with E-state index in [0.717, 1.165) is 6.42 Å². The number of rotatable bonds is 4. The number of hydrogen-bond acceptors (Lipinski definition) is 3. The molecule has 1 heterocycles. The molecular weight excluding hydrogens is 249 g/mol. The maximum Gasteiger partial charge on any atom is 0.249 e. The van der Waals surface area contributed by atoms with Crippen LogP contribution in [0.25, 0.3) is 0 Å². The number of ether oxygens (including phenoxy) is 1. The van der Waals surface area contributed by atoms with Gasteiger partial charge in [-0.15, -0.1) is 0 Å². The lowest BCUT2D eigenvalue weighted by atomic mass is 9.96. The van der Waals surface area contributed by atoms with Gasteiger partial charge in [-0.25, -0.2) is 4.39 Å². The van der Waals surface area contributed by atoms with E-state index in [1.54, 1.807) is 6.92 Å². The Kier molecular flexibility index (Phi) is 4.17. The third-order valence-electron chi connectivity index (χ3n) is 3.30. The van der Waals surface area contributed by atoms with Crippen molar-refractivity contribution >= 4 is 5.91 Å². The van der Waals surface area contributed by atoms with Crippen molar-refractivity contribution in [2.24, 2.45) is 0 Å². The Morgan fingerprint density at radius 2 is 2.21 bits per heavy atom. The van der Waals surface area contributed by atoms with Gasteiger partial charge >= 0.3 is 0 Å². The van der Waals surface area contributed by atoms with Crippen molar-refractivity contribution in [2.75, 3.05) is 13.2 Å². The van der Waals surface area contributed by atoms with Crippen LogP contribution in [0.15, 0.2) is 24.3 Å². The minimum Gasteiger partial charge on any atom is -0.384 e. The second-order valence-electron chi connectivity index (χ2n) is 5.00. The first kappa shape index (κ1) is 14.0. The molecule has 2 N–H and O–H groups in total. The van der Waals surface area contributed by atoms with E-state index in [0.29, 0.717) is 18.6 Å². The topological polar surface area (TPSA) is 58.6 Å². The van der Waals surface area contributed by atoms with Gasteiger partial charge < -0.3 is 15.2 Å². The van der Waals surface area contributed by atoms with Crippen molar-refractivity contribution in [2.45, 2.75) is 31.5 Å². The summed E-state index contributed by atoms with van der Waals surface area (Å²) in [5.41, 5.74) is -0.677. The van der Waals surface area contributed by atoms with Gasteiger partial charge in [0.15, 0.2) is 0 Å². The fourth-order valence-corrected chi connectivity index (χ4v) is 2.07. The lowest BCUT2D eigenvalue weighted by Gasteiger charge is -2.25. The van der Waals surface area contributed by atoms with Crippen molar-refractivity contribution in [3.8, 4) is 0 Å². The molecule has 1 amide bonds. The van der Waals surface area contributed by atoms with Crippen LogP contribution in [0.4, 0.5) is 4.39 Å². The third kappa shape index (κ3) is 3.52. The summed E-state index contributed by atoms with van der Waals surface area (Å²) in [6, 6.07) is 5.58. The number of halogens is 1. The second kappa shape index (κ2) is 5.67. The number of carbonyl (C=O) groups is 1. The average molecular weight is 267 g/mol. The monoisotopic (exact) mass is 267 g/mol. The van der Waals surface area contributed by atoms with Crippen molar-refractivity contribution in [1.29, 1.82) is 0 Å². The minimum atomic E-state index is -1.23. The summed E-state index contributed by atoms with van der Waals surface area (Å²) in [7, 11) is 0. The van der Waals surface area contributed by atoms with Crippen LogP contribution >= 0.6 is 0 Å². The maximum absolute atomic E-state index is 12.8. The van der Waals surface area contributed by atoms with Gasteiger partial charge in [0.1, 0.15) is 17.5 Å². The number of nitrogens with one attached hydrogen (secondary N) is 1. The molecule has 104 valence electrons. The van der Waals surface area contributed by atoms with Crippen LogP contribution in [-0.2, 0) is 15.1 Å². The van der Waals surface area contributed by atoms with Gasteiger partial charge in [-0.2, -0.15) is 0 Å². The predicted octanol–water partition coefficient (Wildman–Crippen LogP) is 1.33. The molecule has 1 aliphatic heterocycles. The first-order valence-corrected chi connectivity index (χ1v) is 6.37. The fourth-order valence-electron chi connectivity index (χ4n) is 2.07. The third-order valence-corrected chi connectivity index (χ3v) is 3.30. The summed E-state index contributed by atoms with van der Waals surface area (Å²) in [6.07, 6.45) is 1.18. The van der Waals surface area contributed by atoms with Crippen molar-refractivity contribution in [3.63, 3.8) is 0 Å². The van der Waals surface area contributed by atoms with Crippen molar-refractivity contribution < 1.29 is 19.0 Å². The van der Waals surface area contributed by atoms with E-state index in [9.17, 15) is 14.3 Å². The molecule has 0 radical (unpaired) electrons. The van der Waals surface area contributed by atoms with Gasteiger partial charge in [0.05, 0.1) is 6.54 Å². The lowest BCUT2D eigenvalue weighted by Crippen LogP contribution is -2.42. The molecular formula is C14H18FNO3. The molecule has 1 aromatic carbocycles. The van der Waals surface area contributed by atoms with Gasteiger partial charge in [0.2, 0.25) is 5.91 Å². The molecule has 19 heavy (non-hydrogen) atoms. The van der Waals surface area contributed by atoms with Gasteiger partial charge in [-0.05, 0) is 37.5 Å². The SMILES string of the molecule is CC(O)(CNC(=O)C1CCCO1)c1ccc(F)cc1. The van der Waals surface area contributed by atoms with E-state index in [4.69, 9.17) is 4.74 Å². The largest absolute Gasteiger partial charge is 0.384 e. The van der Waals surface area contributed by atoms with Gasteiger partial charge in [0.25, 0.3) is 0 Å². The van der Waals surface area contributed by atoms with Crippen LogP contribution in [0.1, 0.15) is 25.3 Å². The number of hydrogen-bond donors (Lipinski definition) is 2. The standard InChI is InChI=1S/C14H18FNO3/c1-14(18,10-4-6-11(15)7-5-10)9-16-13(17)12-3-2-8-19-12/h4-7,12,18H,2-3,8-9H2,1H3,(H,16,17). The van der Waals surface area contributed by atoms with Gasteiger partial charge in [-0.3, -0.25) is 4.79 Å². The summed E-state index contributed by atoms with van der Waals surface area (Å²) >= 11 is 0. The highest BCUT2D eigenvalue weighted by molar-refractivity contribution is 5.81. The number of carbonyl (C=O) groups excluding carboxylic acids is 1. The van der Waals surface area contributed by atoms with E-state index in [2.05, 4.69) is 5.32 Å². The zero-order valence-corrected chi connectivity index (χ0v) is 10.9. The van der Waals surface area contributed by atoms with E-state index >= 15 is 0 Å². The van der Waals surface area contributed by atoms with E-state index in [1.807, 2.05) is 0 Å². The Balaban J connectivity index is 1.93. The van der Waals surface area contributed by atoms with Crippen LogP contribution < -0.4 is 5.32 Å². The summed E-state index contributed by atoms with van der Waals surface area (Å²) in [5.74, 6) is -0.567. The first-order valence-electron chi connectivity index (χ1n) is 6.37. The van der Waals surface area contributed by atoms with Crippen LogP contribution in [0.5, 0.6) is 0 Å². The van der Waals surface area contributed by atoms with Crippen LogP contribution in [0.3, 0.4) is 0 Å². The Bertz CT molecular complexity index is 439. The lowest BCUT2D eigenvalue weighted by molar-refractivity contribution is -0.131. The molecule has 5 heteroatoms. The molecule has 0 bridgehead atoms. The smallest absolute Gasteiger partial charge is 0.249 e. The normalized spacial score (nSPS) is 21.9. The van der Waals surface area contributed by atoms with E-state index in [-0.39, 0.29) is 18.3 Å². The molecule has 2 atom stereocenters. The number of aliphatic hydroxyl groups is 1. The van der Waals surface area contributed by atoms with Gasteiger partial charge in [0, 0.05) is 6.61 Å². The maximum atomic E-state index is 12.8. The Morgan fingerprint density at radius 1 is 1.53 bits per heavy atom. The molecule has 1 fully saturated rings. The van der Waals surface area contributed by atoms with Gasteiger partial charge in [-0.1, -0.05) is 12.1 Å². The Labute approximate surface area is 111 Å². The molecule has 0 saturated carbocycles. The quantitative estimate of drug-likeness (QED) is 0.865. The van der Waals surface area contributed by atoms with Crippen molar-refractivity contribution in [1.82, 2.24) is 5.32 Å². The number of benzene rings is 1. The molecule has 0 aromatic heterocycles. The summed E-state index contributed by atoms with van der Waals surface area (Å²) in [6.45, 7) is 2.25. The minimum absolute atomic E-state index is 0.0668. The molecule has 4 nitrogen and oxygen atoms in total. The fraction of sp³-hybridized carbons (Fsp3) is 0.500. The zero-order chi connectivity index (χ0) is 13.9. The van der Waals surface area contributed by atoms with E-state index < -0.39 is 11.7 Å². The van der Waals surface area contributed by atoms with E-state index in [1.165, 1.54) is 24.3 Å². The molecule has 1 aliphatic rings. The second-order valence-corrected chi connectivity index (χ2v) is 5.00. The first-order chi connectivity index (χ1) is 8.99. The highest BCUT2D eigenvalue weighted by Gasteiger charge is 2.28. The Morgan fingerprint density at radius 3 is 2.79 bits per heavy atom. The molecule has 2 rings (SSSR count). The summed E-state index contributed by atoms with van der Waals surface area (Å²) < 4.78 is 18.1. The zero-order valence-electron chi connectivity index (χ0n) is 10.9. The summed E-state index contributed by atoms with van der Waals surface area (Å²) in [4.78, 5) is 11.8. The Hall–Kier alpha value is -1.46. The molecule has 1 aromatic rings. The highest BCUT2D eigenvalue weighted by Crippen LogP contribution is 2.20.